The lowest BCUT2D eigenvalue weighted by Gasteiger charge is -2.03. The van der Waals surface area contributed by atoms with E-state index in [-0.39, 0.29) is 0 Å². The second-order valence-corrected chi connectivity index (χ2v) is 5.29. The number of fused-ring (bicyclic) bond motifs is 2. The molecule has 0 saturated heterocycles. The Kier molecular flexibility index (Phi) is 2.82. The number of rotatable bonds is 2. The van der Waals surface area contributed by atoms with E-state index in [4.69, 9.17) is 11.6 Å². The molecular formula is C16H11ClN4. The lowest BCUT2D eigenvalue weighted by molar-refractivity contribution is 0.838. The summed E-state index contributed by atoms with van der Waals surface area (Å²) in [5.41, 5.74) is 1.87. The highest BCUT2D eigenvalue weighted by Gasteiger charge is 2.08. The van der Waals surface area contributed by atoms with E-state index in [0.29, 0.717) is 17.2 Å². The maximum Gasteiger partial charge on any atom is 0.178 e. The summed E-state index contributed by atoms with van der Waals surface area (Å²) in [4.78, 5) is 0. The molecule has 0 fully saturated rings. The first-order valence-corrected chi connectivity index (χ1v) is 7.02. The third-order valence-corrected chi connectivity index (χ3v) is 3.67. The van der Waals surface area contributed by atoms with Crippen LogP contribution in [0.5, 0.6) is 0 Å². The molecule has 0 radical (unpaired) electrons. The Morgan fingerprint density at radius 3 is 2.67 bits per heavy atom. The maximum atomic E-state index is 5.94. The first-order chi connectivity index (χ1) is 10.3. The smallest absolute Gasteiger partial charge is 0.178 e. The predicted octanol–water partition coefficient (Wildman–Crippen LogP) is 3.52. The van der Waals surface area contributed by atoms with Crippen molar-refractivity contribution in [2.45, 2.75) is 6.42 Å². The van der Waals surface area contributed by atoms with E-state index in [1.165, 1.54) is 16.3 Å². The third kappa shape index (κ3) is 2.23. The van der Waals surface area contributed by atoms with Crippen LogP contribution in [0.4, 0.5) is 0 Å². The molecule has 0 saturated carbocycles. The molecule has 0 amide bonds. The average Bonchev–Trinajstić information content (AvgIpc) is 2.89. The first-order valence-electron chi connectivity index (χ1n) is 6.64. The molecule has 0 N–H and O–H groups in total. The van der Waals surface area contributed by atoms with Crippen molar-refractivity contribution in [1.82, 2.24) is 19.8 Å². The molecule has 0 aliphatic carbocycles. The highest BCUT2D eigenvalue weighted by Crippen LogP contribution is 2.18. The van der Waals surface area contributed by atoms with Crippen molar-refractivity contribution < 1.29 is 0 Å². The van der Waals surface area contributed by atoms with Crippen LogP contribution >= 0.6 is 11.6 Å². The number of hydrogen-bond acceptors (Lipinski definition) is 3. The van der Waals surface area contributed by atoms with E-state index in [1.807, 2.05) is 18.2 Å². The molecule has 2 aromatic carbocycles. The van der Waals surface area contributed by atoms with Crippen LogP contribution in [-0.4, -0.2) is 19.8 Å². The van der Waals surface area contributed by atoms with Crippen LogP contribution in [0, 0.1) is 0 Å². The normalized spacial score (nSPS) is 11.3. The minimum absolute atomic E-state index is 0.432. The summed E-state index contributed by atoms with van der Waals surface area (Å²) in [6.07, 6.45) is 0.666. The van der Waals surface area contributed by atoms with Gasteiger partial charge < -0.3 is 0 Å². The second-order valence-electron chi connectivity index (χ2n) is 4.90. The number of nitrogens with zero attached hydrogens (tertiary/aromatic N) is 4. The predicted molar refractivity (Wildman–Crippen MR) is 82.5 cm³/mol. The fraction of sp³-hybridized carbons (Fsp3) is 0.0625. The standard InChI is InChI=1S/C16H11ClN4/c17-14-7-8-15-18-19-16(21(15)20-14)10-11-5-6-12-3-1-2-4-13(12)9-11/h1-9H,10H2. The molecule has 5 heteroatoms. The summed E-state index contributed by atoms with van der Waals surface area (Å²) < 4.78 is 1.69. The van der Waals surface area contributed by atoms with Crippen molar-refractivity contribution in [3.05, 3.63) is 71.1 Å². The lowest BCUT2D eigenvalue weighted by Crippen LogP contribution is -2.00. The van der Waals surface area contributed by atoms with Gasteiger partial charge in [0.25, 0.3) is 0 Å². The van der Waals surface area contributed by atoms with Gasteiger partial charge in [0, 0.05) is 6.42 Å². The quantitative estimate of drug-likeness (QED) is 0.568. The Hall–Kier alpha value is -2.46. The summed E-state index contributed by atoms with van der Waals surface area (Å²) in [5.74, 6) is 0.780. The molecule has 0 aliphatic rings. The number of halogens is 1. The van der Waals surface area contributed by atoms with Gasteiger partial charge >= 0.3 is 0 Å². The van der Waals surface area contributed by atoms with Gasteiger partial charge in [0.15, 0.2) is 11.5 Å². The van der Waals surface area contributed by atoms with E-state index in [0.717, 1.165) is 5.82 Å². The van der Waals surface area contributed by atoms with Crippen molar-refractivity contribution in [3.8, 4) is 0 Å². The molecule has 2 heterocycles. The van der Waals surface area contributed by atoms with Gasteiger partial charge in [-0.1, -0.05) is 54.1 Å². The molecule has 0 atom stereocenters. The van der Waals surface area contributed by atoms with E-state index in [1.54, 1.807) is 10.6 Å². The van der Waals surface area contributed by atoms with E-state index in [2.05, 4.69) is 45.6 Å². The van der Waals surface area contributed by atoms with E-state index in [9.17, 15) is 0 Å². The van der Waals surface area contributed by atoms with Crippen LogP contribution in [0.3, 0.4) is 0 Å². The zero-order chi connectivity index (χ0) is 14.2. The Balaban J connectivity index is 1.77. The molecule has 0 bridgehead atoms. The van der Waals surface area contributed by atoms with Crippen molar-refractivity contribution >= 4 is 28.0 Å². The minimum atomic E-state index is 0.432. The van der Waals surface area contributed by atoms with Crippen molar-refractivity contribution in [3.63, 3.8) is 0 Å². The fourth-order valence-electron chi connectivity index (χ4n) is 2.45. The van der Waals surface area contributed by atoms with Crippen LogP contribution < -0.4 is 0 Å². The third-order valence-electron chi connectivity index (χ3n) is 3.47. The van der Waals surface area contributed by atoms with Gasteiger partial charge in [0.2, 0.25) is 0 Å². The zero-order valence-corrected chi connectivity index (χ0v) is 11.8. The van der Waals surface area contributed by atoms with Crippen LogP contribution in [0.1, 0.15) is 11.4 Å². The first kappa shape index (κ1) is 12.3. The van der Waals surface area contributed by atoms with Crippen molar-refractivity contribution in [1.29, 1.82) is 0 Å². The van der Waals surface area contributed by atoms with Gasteiger partial charge in [0.1, 0.15) is 5.15 Å². The molecule has 0 aliphatic heterocycles. The molecule has 4 rings (SSSR count). The Bertz CT molecular complexity index is 945. The summed E-state index contributed by atoms with van der Waals surface area (Å²) in [7, 11) is 0. The largest absolute Gasteiger partial charge is 0.196 e. The SMILES string of the molecule is Clc1ccc2nnc(Cc3ccc4ccccc4c3)n2n1. The summed E-state index contributed by atoms with van der Waals surface area (Å²) >= 11 is 5.94. The topological polar surface area (TPSA) is 43.1 Å². The van der Waals surface area contributed by atoms with Crippen LogP contribution in [0.25, 0.3) is 16.4 Å². The van der Waals surface area contributed by atoms with Crippen LogP contribution in [0.2, 0.25) is 5.15 Å². The highest BCUT2D eigenvalue weighted by atomic mass is 35.5. The molecular weight excluding hydrogens is 284 g/mol. The second kappa shape index (κ2) is 4.82. The molecule has 4 nitrogen and oxygen atoms in total. The minimum Gasteiger partial charge on any atom is -0.196 e. The van der Waals surface area contributed by atoms with Gasteiger partial charge in [-0.2, -0.15) is 9.61 Å². The fourth-order valence-corrected chi connectivity index (χ4v) is 2.59. The summed E-state index contributed by atoms with van der Waals surface area (Å²) in [5, 5.41) is 15.4. The Morgan fingerprint density at radius 1 is 0.905 bits per heavy atom. The lowest BCUT2D eigenvalue weighted by atomic mass is 10.1. The number of hydrogen-bond donors (Lipinski definition) is 0. The Morgan fingerprint density at radius 2 is 1.76 bits per heavy atom. The molecule has 102 valence electrons. The van der Waals surface area contributed by atoms with E-state index < -0.39 is 0 Å². The van der Waals surface area contributed by atoms with Crippen molar-refractivity contribution in [2.24, 2.45) is 0 Å². The van der Waals surface area contributed by atoms with Crippen LogP contribution in [0.15, 0.2) is 54.6 Å². The monoisotopic (exact) mass is 294 g/mol. The zero-order valence-electron chi connectivity index (χ0n) is 11.1. The van der Waals surface area contributed by atoms with Gasteiger partial charge in [-0.3, -0.25) is 0 Å². The Labute approximate surface area is 126 Å². The van der Waals surface area contributed by atoms with Crippen molar-refractivity contribution in [2.75, 3.05) is 0 Å². The summed E-state index contributed by atoms with van der Waals surface area (Å²) in [6, 6.07) is 18.2. The molecule has 0 spiro atoms. The maximum absolute atomic E-state index is 5.94. The number of benzene rings is 2. The number of aromatic nitrogens is 4. The van der Waals surface area contributed by atoms with Gasteiger partial charge in [-0.05, 0) is 28.5 Å². The van der Waals surface area contributed by atoms with Gasteiger partial charge in [-0.15, -0.1) is 10.2 Å². The van der Waals surface area contributed by atoms with E-state index >= 15 is 0 Å². The van der Waals surface area contributed by atoms with Crippen LogP contribution in [-0.2, 0) is 6.42 Å². The molecule has 21 heavy (non-hydrogen) atoms. The van der Waals surface area contributed by atoms with Gasteiger partial charge in [0.05, 0.1) is 0 Å². The molecule has 4 aromatic rings. The molecule has 2 aromatic heterocycles. The average molecular weight is 295 g/mol. The summed E-state index contributed by atoms with van der Waals surface area (Å²) in [6.45, 7) is 0. The van der Waals surface area contributed by atoms with Gasteiger partial charge in [-0.25, -0.2) is 0 Å². The highest BCUT2D eigenvalue weighted by molar-refractivity contribution is 6.29. The molecule has 0 unspecified atom stereocenters.